The zero-order chi connectivity index (χ0) is 17.8. The summed E-state index contributed by atoms with van der Waals surface area (Å²) in [5.74, 6) is -0.0890. The van der Waals surface area contributed by atoms with Crippen LogP contribution in [0.2, 0.25) is 5.02 Å². The highest BCUT2D eigenvalue weighted by Gasteiger charge is 2.26. The lowest BCUT2D eigenvalue weighted by atomic mass is 10.0. The SMILES string of the molecule is CC(=O)c1ccc(C(=O)N2CCCC(Oc3ncc(Cl)cn3)C2)cc1. The predicted molar refractivity (Wildman–Crippen MR) is 93.0 cm³/mol. The quantitative estimate of drug-likeness (QED) is 0.784. The third-order valence-electron chi connectivity index (χ3n) is 4.07. The molecule has 1 atom stereocenters. The van der Waals surface area contributed by atoms with Crippen LogP contribution < -0.4 is 4.74 Å². The Bertz CT molecular complexity index is 762. The average Bonchev–Trinajstić information content (AvgIpc) is 2.63. The molecule has 1 aliphatic heterocycles. The monoisotopic (exact) mass is 359 g/mol. The van der Waals surface area contributed by atoms with Gasteiger partial charge in [0.1, 0.15) is 6.10 Å². The van der Waals surface area contributed by atoms with Crippen LogP contribution in [0.1, 0.15) is 40.5 Å². The van der Waals surface area contributed by atoms with Crippen LogP contribution in [0.3, 0.4) is 0 Å². The number of amides is 1. The molecule has 2 aromatic rings. The van der Waals surface area contributed by atoms with Gasteiger partial charge in [-0.25, -0.2) is 9.97 Å². The number of ether oxygens (including phenoxy) is 1. The Morgan fingerprint density at radius 3 is 2.44 bits per heavy atom. The van der Waals surface area contributed by atoms with Crippen molar-refractivity contribution >= 4 is 23.3 Å². The standard InChI is InChI=1S/C18H18ClN3O3/c1-12(23)13-4-6-14(7-5-13)17(24)22-8-2-3-16(11-22)25-18-20-9-15(19)10-21-18/h4-7,9-10,16H,2-3,8,11H2,1H3. The molecule has 1 aromatic carbocycles. The first-order valence-corrected chi connectivity index (χ1v) is 8.45. The maximum absolute atomic E-state index is 12.7. The van der Waals surface area contributed by atoms with Gasteiger partial charge in [-0.05, 0) is 31.9 Å². The lowest BCUT2D eigenvalue weighted by Gasteiger charge is -2.32. The molecule has 1 aliphatic rings. The zero-order valence-electron chi connectivity index (χ0n) is 13.8. The van der Waals surface area contributed by atoms with Gasteiger partial charge in [0.2, 0.25) is 0 Å². The van der Waals surface area contributed by atoms with Gasteiger partial charge in [-0.2, -0.15) is 0 Å². The number of piperidine rings is 1. The van der Waals surface area contributed by atoms with Gasteiger partial charge < -0.3 is 9.64 Å². The molecule has 6 nitrogen and oxygen atoms in total. The number of benzene rings is 1. The fourth-order valence-electron chi connectivity index (χ4n) is 2.76. The maximum atomic E-state index is 12.7. The smallest absolute Gasteiger partial charge is 0.316 e. The van der Waals surface area contributed by atoms with Crippen LogP contribution in [0, 0.1) is 0 Å². The molecule has 0 N–H and O–H groups in total. The Morgan fingerprint density at radius 1 is 1.16 bits per heavy atom. The number of carbonyl (C=O) groups is 2. The highest BCUT2D eigenvalue weighted by molar-refractivity contribution is 6.30. The molecule has 1 aromatic heterocycles. The Morgan fingerprint density at radius 2 is 1.80 bits per heavy atom. The van der Waals surface area contributed by atoms with Crippen LogP contribution in [-0.2, 0) is 0 Å². The van der Waals surface area contributed by atoms with Crippen molar-refractivity contribution in [3.63, 3.8) is 0 Å². The first kappa shape index (κ1) is 17.4. The first-order chi connectivity index (χ1) is 12.0. The van der Waals surface area contributed by atoms with Crippen molar-refractivity contribution in [3.8, 4) is 6.01 Å². The number of halogens is 1. The van der Waals surface area contributed by atoms with Gasteiger partial charge in [0.25, 0.3) is 5.91 Å². The number of hydrogen-bond donors (Lipinski definition) is 0. The van der Waals surface area contributed by atoms with Gasteiger partial charge in [0, 0.05) is 17.7 Å². The van der Waals surface area contributed by atoms with Crippen molar-refractivity contribution in [2.24, 2.45) is 0 Å². The number of aromatic nitrogens is 2. The summed E-state index contributed by atoms with van der Waals surface area (Å²) in [6.45, 7) is 2.65. The Balaban J connectivity index is 1.64. The van der Waals surface area contributed by atoms with Gasteiger partial charge in [0.05, 0.1) is 24.0 Å². The van der Waals surface area contributed by atoms with Crippen LogP contribution in [-0.4, -0.2) is 45.8 Å². The van der Waals surface area contributed by atoms with Gasteiger partial charge in [-0.3, -0.25) is 9.59 Å². The van der Waals surface area contributed by atoms with E-state index in [2.05, 4.69) is 9.97 Å². The molecule has 2 heterocycles. The summed E-state index contributed by atoms with van der Waals surface area (Å²) in [5.41, 5.74) is 1.16. The largest absolute Gasteiger partial charge is 0.458 e. The third kappa shape index (κ3) is 4.33. The van der Waals surface area contributed by atoms with E-state index in [1.54, 1.807) is 29.2 Å². The number of nitrogens with zero attached hydrogens (tertiary/aromatic N) is 3. The minimum absolute atomic E-state index is 0.0200. The molecule has 130 valence electrons. The highest BCUT2D eigenvalue weighted by Crippen LogP contribution is 2.18. The second kappa shape index (κ2) is 7.61. The molecule has 0 bridgehead atoms. The van der Waals surface area contributed by atoms with Crippen LogP contribution in [0.25, 0.3) is 0 Å². The van der Waals surface area contributed by atoms with E-state index in [0.717, 1.165) is 12.8 Å². The summed E-state index contributed by atoms with van der Waals surface area (Å²) in [6.07, 6.45) is 4.47. The van der Waals surface area contributed by atoms with Crippen LogP contribution in [0.15, 0.2) is 36.7 Å². The Hall–Kier alpha value is -2.47. The molecule has 1 amide bonds. The average molecular weight is 360 g/mol. The van der Waals surface area contributed by atoms with Crippen molar-refractivity contribution in [2.45, 2.75) is 25.9 Å². The second-order valence-electron chi connectivity index (χ2n) is 5.95. The summed E-state index contributed by atoms with van der Waals surface area (Å²) in [4.78, 5) is 33.8. The number of likely N-dealkylation sites (tertiary alicyclic amines) is 1. The summed E-state index contributed by atoms with van der Waals surface area (Å²) >= 11 is 5.76. The van der Waals surface area contributed by atoms with Crippen molar-refractivity contribution in [1.82, 2.24) is 14.9 Å². The normalized spacial score (nSPS) is 17.2. The maximum Gasteiger partial charge on any atom is 0.316 e. The summed E-state index contributed by atoms with van der Waals surface area (Å²) in [6, 6.07) is 6.98. The second-order valence-corrected chi connectivity index (χ2v) is 6.39. The molecule has 25 heavy (non-hydrogen) atoms. The molecule has 0 radical (unpaired) electrons. The molecule has 0 spiro atoms. The van der Waals surface area contributed by atoms with E-state index in [1.165, 1.54) is 19.3 Å². The van der Waals surface area contributed by atoms with Crippen LogP contribution >= 0.6 is 11.6 Å². The van der Waals surface area contributed by atoms with E-state index in [1.807, 2.05) is 0 Å². The zero-order valence-corrected chi connectivity index (χ0v) is 14.6. The third-order valence-corrected chi connectivity index (χ3v) is 4.27. The molecule has 7 heteroatoms. The van der Waals surface area contributed by atoms with E-state index in [4.69, 9.17) is 16.3 Å². The molecular weight excluding hydrogens is 342 g/mol. The summed E-state index contributed by atoms with van der Waals surface area (Å²) in [7, 11) is 0. The molecule has 1 unspecified atom stereocenters. The van der Waals surface area contributed by atoms with E-state index in [0.29, 0.717) is 29.2 Å². The lowest BCUT2D eigenvalue weighted by Crippen LogP contribution is -2.44. The minimum atomic E-state index is -0.157. The number of ketones is 1. The molecule has 1 saturated heterocycles. The van der Waals surface area contributed by atoms with Crippen molar-refractivity contribution in [1.29, 1.82) is 0 Å². The highest BCUT2D eigenvalue weighted by atomic mass is 35.5. The fraction of sp³-hybridized carbons (Fsp3) is 0.333. The Kier molecular flexibility index (Phi) is 5.28. The summed E-state index contributed by atoms with van der Waals surface area (Å²) in [5, 5.41) is 0.446. The molecular formula is C18H18ClN3O3. The van der Waals surface area contributed by atoms with Gasteiger partial charge in [-0.1, -0.05) is 23.7 Å². The number of rotatable bonds is 4. The summed E-state index contributed by atoms with van der Waals surface area (Å²) < 4.78 is 5.76. The topological polar surface area (TPSA) is 72.4 Å². The Labute approximate surface area is 150 Å². The molecule has 1 fully saturated rings. The fourth-order valence-corrected chi connectivity index (χ4v) is 2.86. The number of carbonyl (C=O) groups excluding carboxylic acids is 2. The lowest BCUT2D eigenvalue weighted by molar-refractivity contribution is 0.0515. The van der Waals surface area contributed by atoms with E-state index < -0.39 is 0 Å². The van der Waals surface area contributed by atoms with Gasteiger partial charge >= 0.3 is 6.01 Å². The van der Waals surface area contributed by atoms with E-state index in [-0.39, 0.29) is 23.8 Å². The van der Waals surface area contributed by atoms with Gasteiger partial charge in [0.15, 0.2) is 5.78 Å². The molecule has 0 aliphatic carbocycles. The van der Waals surface area contributed by atoms with E-state index in [9.17, 15) is 9.59 Å². The van der Waals surface area contributed by atoms with E-state index >= 15 is 0 Å². The number of Topliss-reactive ketones (excluding diaryl/α,β-unsaturated/α-hetero) is 1. The van der Waals surface area contributed by atoms with Crippen molar-refractivity contribution in [3.05, 3.63) is 52.8 Å². The molecule has 3 rings (SSSR count). The van der Waals surface area contributed by atoms with Crippen LogP contribution in [0.5, 0.6) is 6.01 Å². The van der Waals surface area contributed by atoms with Gasteiger partial charge in [-0.15, -0.1) is 0 Å². The van der Waals surface area contributed by atoms with Crippen LogP contribution in [0.4, 0.5) is 0 Å². The first-order valence-electron chi connectivity index (χ1n) is 8.07. The molecule has 0 saturated carbocycles. The minimum Gasteiger partial charge on any atom is -0.458 e. The van der Waals surface area contributed by atoms with Crippen molar-refractivity contribution < 1.29 is 14.3 Å². The van der Waals surface area contributed by atoms with Crippen molar-refractivity contribution in [2.75, 3.05) is 13.1 Å². The predicted octanol–water partition coefficient (Wildman–Crippen LogP) is 3.02. The number of hydrogen-bond acceptors (Lipinski definition) is 5.